The maximum atomic E-state index is 12.4. The molecule has 164 valence electrons. The van der Waals surface area contributed by atoms with E-state index in [1.807, 2.05) is 6.07 Å². The van der Waals surface area contributed by atoms with Gasteiger partial charge in [-0.05, 0) is 48.0 Å². The van der Waals surface area contributed by atoms with E-state index in [2.05, 4.69) is 4.99 Å². The van der Waals surface area contributed by atoms with Gasteiger partial charge in [0.1, 0.15) is 5.02 Å². The average molecular weight is 472 g/mol. The number of esters is 1. The molecule has 8 nitrogen and oxygen atoms in total. The predicted molar refractivity (Wildman–Crippen MR) is 123 cm³/mol. The molecule has 0 heterocycles. The van der Waals surface area contributed by atoms with E-state index in [0.717, 1.165) is 5.41 Å². The normalized spacial score (nSPS) is 11.2. The fraction of sp³-hybridized carbons (Fsp3) is 0. The predicted octanol–water partition coefficient (Wildman–Crippen LogP) is 3.84. The Morgan fingerprint density at radius 1 is 0.906 bits per heavy atom. The summed E-state index contributed by atoms with van der Waals surface area (Å²) in [7, 11) is -4.11. The highest BCUT2D eigenvalue weighted by molar-refractivity contribution is 7.90. The molecule has 0 aliphatic carbocycles. The summed E-state index contributed by atoms with van der Waals surface area (Å²) >= 11 is 6.21. The maximum Gasteiger partial charge on any atom is 0.343 e. The third kappa shape index (κ3) is 6.34. The highest BCUT2D eigenvalue weighted by Crippen LogP contribution is 2.35. The first-order chi connectivity index (χ1) is 15.2. The molecule has 3 aromatic carbocycles. The topological polar surface area (TPSA) is 134 Å². The van der Waals surface area contributed by atoms with Crippen molar-refractivity contribution in [3.8, 4) is 11.5 Å². The van der Waals surface area contributed by atoms with Gasteiger partial charge in [-0.25, -0.2) is 9.79 Å². The van der Waals surface area contributed by atoms with Crippen molar-refractivity contribution >= 4 is 45.4 Å². The maximum absolute atomic E-state index is 12.4. The van der Waals surface area contributed by atoms with Gasteiger partial charge in [-0.2, -0.15) is 8.42 Å². The van der Waals surface area contributed by atoms with Crippen molar-refractivity contribution in [3.63, 3.8) is 0 Å². The standard InChI is InChI=1S/C22H18ClN3O5S/c23-20-18(30-21(27)16-9-11-17(12-10-16)26-22(24)25)7-4-8-19(20)31-32(28,29)14-13-15-5-2-1-3-6-15/h1-14H,(H4,24,25,26)/b14-13+. The minimum Gasteiger partial charge on any atom is -0.421 e. The Kier molecular flexibility index (Phi) is 7.14. The zero-order chi connectivity index (χ0) is 23.1. The number of carbonyl (C=O) groups excluding carboxylic acids is 1. The summed E-state index contributed by atoms with van der Waals surface area (Å²) in [6, 6.07) is 19.0. The summed E-state index contributed by atoms with van der Waals surface area (Å²) in [6.45, 7) is 0. The number of hydrogen-bond donors (Lipinski definition) is 2. The minimum absolute atomic E-state index is 0.0651. The number of nitrogens with zero attached hydrogens (tertiary/aromatic N) is 1. The second-order valence-electron chi connectivity index (χ2n) is 6.33. The van der Waals surface area contributed by atoms with Gasteiger partial charge in [0, 0.05) is 0 Å². The second kappa shape index (κ2) is 9.99. The fourth-order valence-electron chi connectivity index (χ4n) is 2.49. The zero-order valence-electron chi connectivity index (χ0n) is 16.5. The van der Waals surface area contributed by atoms with Crippen molar-refractivity contribution in [1.82, 2.24) is 0 Å². The van der Waals surface area contributed by atoms with Gasteiger partial charge >= 0.3 is 16.1 Å². The molecular weight excluding hydrogens is 454 g/mol. The van der Waals surface area contributed by atoms with E-state index in [1.54, 1.807) is 24.3 Å². The zero-order valence-corrected chi connectivity index (χ0v) is 18.1. The Balaban J connectivity index is 1.74. The van der Waals surface area contributed by atoms with Crippen LogP contribution in [0.2, 0.25) is 5.02 Å². The lowest BCUT2D eigenvalue weighted by Crippen LogP contribution is -2.21. The minimum atomic E-state index is -4.11. The molecule has 0 saturated carbocycles. The number of benzene rings is 3. The van der Waals surface area contributed by atoms with E-state index in [1.165, 1.54) is 48.5 Å². The molecule has 10 heteroatoms. The van der Waals surface area contributed by atoms with E-state index in [9.17, 15) is 13.2 Å². The SMILES string of the molecule is NC(N)=Nc1ccc(C(=O)Oc2cccc(OS(=O)(=O)/C=C/c3ccccc3)c2Cl)cc1. The third-order valence-electron chi connectivity index (χ3n) is 3.92. The molecular formula is C22H18ClN3O5S. The molecule has 0 bridgehead atoms. The van der Waals surface area contributed by atoms with Gasteiger partial charge in [0.15, 0.2) is 17.5 Å². The molecule has 32 heavy (non-hydrogen) atoms. The quantitative estimate of drug-likeness (QED) is 0.176. The molecule has 0 spiro atoms. The first-order valence-corrected chi connectivity index (χ1v) is 11.0. The Morgan fingerprint density at radius 3 is 2.22 bits per heavy atom. The van der Waals surface area contributed by atoms with Crippen LogP contribution in [0, 0.1) is 0 Å². The van der Waals surface area contributed by atoms with Crippen molar-refractivity contribution < 1.29 is 22.1 Å². The Labute approximate surface area is 189 Å². The van der Waals surface area contributed by atoms with Crippen molar-refractivity contribution in [2.45, 2.75) is 0 Å². The summed E-state index contributed by atoms with van der Waals surface area (Å²) in [4.78, 5) is 16.3. The number of aliphatic imine (C=N–C) groups is 1. The van der Waals surface area contributed by atoms with Crippen LogP contribution in [0.3, 0.4) is 0 Å². The molecule has 0 aromatic heterocycles. The molecule has 0 fully saturated rings. The van der Waals surface area contributed by atoms with Crippen LogP contribution in [0.5, 0.6) is 11.5 Å². The smallest absolute Gasteiger partial charge is 0.343 e. The number of halogens is 1. The van der Waals surface area contributed by atoms with Crippen LogP contribution >= 0.6 is 11.6 Å². The van der Waals surface area contributed by atoms with Crippen molar-refractivity contribution in [2.24, 2.45) is 16.5 Å². The summed E-state index contributed by atoms with van der Waals surface area (Å²) in [5.41, 5.74) is 12.0. The number of hydrogen-bond acceptors (Lipinski definition) is 6. The Hall–Kier alpha value is -3.82. The monoisotopic (exact) mass is 471 g/mol. The Bertz CT molecular complexity index is 1270. The van der Waals surface area contributed by atoms with Crippen LogP contribution in [-0.4, -0.2) is 20.3 Å². The van der Waals surface area contributed by atoms with Crippen molar-refractivity contribution in [2.75, 3.05) is 0 Å². The first-order valence-electron chi connectivity index (χ1n) is 9.11. The summed E-state index contributed by atoms with van der Waals surface area (Å²) in [6.07, 6.45) is 1.39. The number of carbonyl (C=O) groups is 1. The third-order valence-corrected chi connectivity index (χ3v) is 5.18. The lowest BCUT2D eigenvalue weighted by Gasteiger charge is -2.10. The van der Waals surface area contributed by atoms with Gasteiger partial charge in [-0.15, -0.1) is 0 Å². The highest BCUT2D eigenvalue weighted by atomic mass is 35.5. The number of nitrogens with two attached hydrogens (primary N) is 2. The van der Waals surface area contributed by atoms with Gasteiger partial charge in [-0.1, -0.05) is 48.0 Å². The fourth-order valence-corrected chi connectivity index (χ4v) is 3.51. The Morgan fingerprint density at radius 2 is 1.56 bits per heavy atom. The highest BCUT2D eigenvalue weighted by Gasteiger charge is 2.17. The van der Waals surface area contributed by atoms with E-state index in [-0.39, 0.29) is 28.0 Å². The van der Waals surface area contributed by atoms with Crippen LogP contribution in [-0.2, 0) is 10.1 Å². The van der Waals surface area contributed by atoms with E-state index < -0.39 is 16.1 Å². The molecule has 4 N–H and O–H groups in total. The molecule has 0 aliphatic rings. The lowest BCUT2D eigenvalue weighted by molar-refractivity contribution is 0.0735. The summed E-state index contributed by atoms with van der Waals surface area (Å²) in [5.74, 6) is -1.08. The summed E-state index contributed by atoms with van der Waals surface area (Å²) < 4.78 is 34.9. The average Bonchev–Trinajstić information content (AvgIpc) is 2.76. The van der Waals surface area contributed by atoms with Crippen LogP contribution < -0.4 is 20.4 Å². The molecule has 3 aromatic rings. The van der Waals surface area contributed by atoms with Crippen molar-refractivity contribution in [1.29, 1.82) is 0 Å². The van der Waals surface area contributed by atoms with Crippen molar-refractivity contribution in [3.05, 3.63) is 94.4 Å². The van der Waals surface area contributed by atoms with Gasteiger partial charge in [0.05, 0.1) is 16.7 Å². The van der Waals surface area contributed by atoms with E-state index in [0.29, 0.717) is 11.3 Å². The molecule has 0 atom stereocenters. The molecule has 0 unspecified atom stereocenters. The van der Waals surface area contributed by atoms with Crippen LogP contribution in [0.15, 0.2) is 83.2 Å². The molecule has 0 aliphatic heterocycles. The summed E-state index contributed by atoms with van der Waals surface area (Å²) in [5, 5.41) is 0.741. The first kappa shape index (κ1) is 22.9. The van der Waals surface area contributed by atoms with Crippen LogP contribution in [0.1, 0.15) is 15.9 Å². The molecule has 3 rings (SSSR count). The van der Waals surface area contributed by atoms with E-state index >= 15 is 0 Å². The molecule has 0 amide bonds. The van der Waals surface area contributed by atoms with Gasteiger partial charge in [0.25, 0.3) is 0 Å². The molecule has 0 saturated heterocycles. The van der Waals surface area contributed by atoms with E-state index in [4.69, 9.17) is 32.0 Å². The van der Waals surface area contributed by atoms with Crippen LogP contribution in [0.4, 0.5) is 5.69 Å². The number of guanidine groups is 1. The number of ether oxygens (including phenoxy) is 1. The van der Waals surface area contributed by atoms with Gasteiger partial charge in [0.2, 0.25) is 0 Å². The lowest BCUT2D eigenvalue weighted by atomic mass is 10.2. The number of rotatable bonds is 7. The van der Waals surface area contributed by atoms with Gasteiger partial charge < -0.3 is 20.4 Å². The largest absolute Gasteiger partial charge is 0.421 e. The van der Waals surface area contributed by atoms with Gasteiger partial charge in [-0.3, -0.25) is 0 Å². The van der Waals surface area contributed by atoms with Crippen LogP contribution in [0.25, 0.3) is 6.08 Å². The second-order valence-corrected chi connectivity index (χ2v) is 8.13. The molecule has 0 radical (unpaired) electrons.